The molecule has 4 nitrogen and oxygen atoms in total. The molecule has 2 heterocycles. The molecule has 0 aliphatic rings. The molecule has 0 saturated carbocycles. The van der Waals surface area contributed by atoms with Crippen LogP contribution in [0.15, 0.2) is 34.9 Å². The van der Waals surface area contributed by atoms with E-state index in [2.05, 4.69) is 9.97 Å². The summed E-state index contributed by atoms with van der Waals surface area (Å²) >= 11 is 0. The zero-order valence-corrected chi connectivity index (χ0v) is 11.7. The van der Waals surface area contributed by atoms with Crippen molar-refractivity contribution in [1.82, 2.24) is 9.97 Å². The molecule has 0 radical (unpaired) electrons. The smallest absolute Gasteiger partial charge is 0.163 e. The number of hydrogen-bond acceptors (Lipinski definition) is 4. The summed E-state index contributed by atoms with van der Waals surface area (Å²) in [6.07, 6.45) is 2.53. The van der Waals surface area contributed by atoms with Crippen molar-refractivity contribution in [1.29, 1.82) is 0 Å². The van der Waals surface area contributed by atoms with Gasteiger partial charge >= 0.3 is 0 Å². The SMILES string of the molecule is Cc1nc(-c2coc3ccccc23)nc(C)c1CCN. The molecule has 0 bridgehead atoms. The molecule has 0 fully saturated rings. The molecule has 102 valence electrons. The van der Waals surface area contributed by atoms with E-state index in [-0.39, 0.29) is 0 Å². The van der Waals surface area contributed by atoms with Crippen molar-refractivity contribution in [2.45, 2.75) is 20.3 Å². The topological polar surface area (TPSA) is 64.9 Å². The van der Waals surface area contributed by atoms with Gasteiger partial charge in [0.05, 0.1) is 5.56 Å². The monoisotopic (exact) mass is 267 g/mol. The fourth-order valence-corrected chi connectivity index (χ4v) is 2.52. The zero-order valence-electron chi connectivity index (χ0n) is 11.7. The molecule has 3 aromatic rings. The van der Waals surface area contributed by atoms with Gasteiger partial charge in [-0.1, -0.05) is 18.2 Å². The normalized spacial score (nSPS) is 11.2. The van der Waals surface area contributed by atoms with Gasteiger partial charge in [-0.2, -0.15) is 0 Å². The maximum absolute atomic E-state index is 5.63. The Morgan fingerprint density at radius 2 is 1.80 bits per heavy atom. The Morgan fingerprint density at radius 3 is 2.50 bits per heavy atom. The maximum Gasteiger partial charge on any atom is 0.163 e. The third-order valence-electron chi connectivity index (χ3n) is 3.54. The van der Waals surface area contributed by atoms with Crippen LogP contribution in [0.25, 0.3) is 22.4 Å². The number of fused-ring (bicyclic) bond motifs is 1. The number of benzene rings is 1. The molecule has 3 rings (SSSR count). The number of rotatable bonds is 3. The predicted octanol–water partition coefficient (Wildman–Crippen LogP) is 3.01. The fourth-order valence-electron chi connectivity index (χ4n) is 2.52. The molecule has 0 aliphatic carbocycles. The molecule has 2 aromatic heterocycles. The minimum Gasteiger partial charge on any atom is -0.464 e. The van der Waals surface area contributed by atoms with E-state index in [1.165, 1.54) is 0 Å². The highest BCUT2D eigenvalue weighted by molar-refractivity contribution is 5.91. The summed E-state index contributed by atoms with van der Waals surface area (Å²) in [7, 11) is 0. The van der Waals surface area contributed by atoms with Crippen LogP contribution < -0.4 is 5.73 Å². The number of furan rings is 1. The molecule has 0 saturated heterocycles. The average molecular weight is 267 g/mol. The summed E-state index contributed by atoms with van der Waals surface area (Å²) in [5.74, 6) is 0.714. The van der Waals surface area contributed by atoms with Gasteiger partial charge in [-0.15, -0.1) is 0 Å². The Bertz CT molecular complexity index is 738. The van der Waals surface area contributed by atoms with Crippen molar-refractivity contribution < 1.29 is 4.42 Å². The van der Waals surface area contributed by atoms with E-state index in [1.54, 1.807) is 6.26 Å². The number of aryl methyl sites for hydroxylation is 2. The lowest BCUT2D eigenvalue weighted by Crippen LogP contribution is -2.09. The van der Waals surface area contributed by atoms with Gasteiger partial charge in [0.1, 0.15) is 11.8 Å². The van der Waals surface area contributed by atoms with E-state index >= 15 is 0 Å². The van der Waals surface area contributed by atoms with E-state index in [9.17, 15) is 0 Å². The number of hydrogen-bond donors (Lipinski definition) is 1. The Morgan fingerprint density at radius 1 is 1.10 bits per heavy atom. The summed E-state index contributed by atoms with van der Waals surface area (Å²) in [5, 5.41) is 1.04. The molecule has 0 aliphatic heterocycles. The number of nitrogens with two attached hydrogens (primary N) is 1. The molecular formula is C16H17N3O. The van der Waals surface area contributed by atoms with Crippen molar-refractivity contribution in [3.8, 4) is 11.4 Å². The molecule has 1 aromatic carbocycles. The molecule has 4 heteroatoms. The second kappa shape index (κ2) is 5.06. The quantitative estimate of drug-likeness (QED) is 0.792. The zero-order chi connectivity index (χ0) is 14.1. The molecule has 0 unspecified atom stereocenters. The lowest BCUT2D eigenvalue weighted by atomic mass is 10.1. The van der Waals surface area contributed by atoms with E-state index < -0.39 is 0 Å². The molecular weight excluding hydrogens is 250 g/mol. The van der Waals surface area contributed by atoms with Gasteiger partial charge in [-0.25, -0.2) is 9.97 Å². The van der Waals surface area contributed by atoms with Gasteiger partial charge in [0.25, 0.3) is 0 Å². The van der Waals surface area contributed by atoms with Gasteiger partial charge in [0, 0.05) is 16.8 Å². The fraction of sp³-hybridized carbons (Fsp3) is 0.250. The summed E-state index contributed by atoms with van der Waals surface area (Å²) in [6.45, 7) is 4.62. The van der Waals surface area contributed by atoms with Crippen molar-refractivity contribution in [3.05, 3.63) is 47.5 Å². The Labute approximate surface area is 117 Å². The number of aromatic nitrogens is 2. The van der Waals surface area contributed by atoms with Gasteiger partial charge in [-0.3, -0.25) is 0 Å². The Hall–Kier alpha value is -2.20. The van der Waals surface area contributed by atoms with Crippen LogP contribution in [0.1, 0.15) is 17.0 Å². The van der Waals surface area contributed by atoms with E-state index in [1.807, 2.05) is 38.1 Å². The standard InChI is InChI=1S/C16H17N3O/c1-10-12(7-8-17)11(2)19-16(18-10)14-9-20-15-6-4-3-5-13(14)15/h3-6,9H,7-8,17H2,1-2H3. The first-order valence-electron chi connectivity index (χ1n) is 6.71. The van der Waals surface area contributed by atoms with Crippen molar-refractivity contribution >= 4 is 11.0 Å². The second-order valence-electron chi connectivity index (χ2n) is 4.88. The van der Waals surface area contributed by atoms with Gasteiger partial charge < -0.3 is 10.2 Å². The van der Waals surface area contributed by atoms with Crippen molar-refractivity contribution in [2.75, 3.05) is 6.54 Å². The lowest BCUT2D eigenvalue weighted by molar-refractivity contribution is 0.616. The van der Waals surface area contributed by atoms with Gasteiger partial charge in [-0.05, 0) is 38.4 Å². The van der Waals surface area contributed by atoms with Crippen LogP contribution in [0.4, 0.5) is 0 Å². The van der Waals surface area contributed by atoms with Crippen LogP contribution in [-0.2, 0) is 6.42 Å². The van der Waals surface area contributed by atoms with Crippen LogP contribution in [0.5, 0.6) is 0 Å². The minimum absolute atomic E-state index is 0.610. The number of nitrogens with zero attached hydrogens (tertiary/aromatic N) is 2. The summed E-state index contributed by atoms with van der Waals surface area (Å²) in [5.41, 5.74) is 10.5. The minimum atomic E-state index is 0.610. The average Bonchev–Trinajstić information content (AvgIpc) is 2.86. The summed E-state index contributed by atoms with van der Waals surface area (Å²) in [6, 6.07) is 7.92. The summed E-state index contributed by atoms with van der Waals surface area (Å²) in [4.78, 5) is 9.24. The predicted molar refractivity (Wildman–Crippen MR) is 79.5 cm³/mol. The van der Waals surface area contributed by atoms with E-state index in [0.29, 0.717) is 12.4 Å². The molecule has 0 amide bonds. The Balaban J connectivity index is 2.15. The van der Waals surface area contributed by atoms with Crippen LogP contribution in [0.3, 0.4) is 0 Å². The van der Waals surface area contributed by atoms with Crippen LogP contribution in [0.2, 0.25) is 0 Å². The highest BCUT2D eigenvalue weighted by Gasteiger charge is 2.13. The first-order valence-corrected chi connectivity index (χ1v) is 6.71. The molecule has 20 heavy (non-hydrogen) atoms. The van der Waals surface area contributed by atoms with Crippen LogP contribution >= 0.6 is 0 Å². The molecule has 0 atom stereocenters. The van der Waals surface area contributed by atoms with Crippen molar-refractivity contribution in [3.63, 3.8) is 0 Å². The number of para-hydroxylation sites is 1. The first kappa shape index (κ1) is 12.8. The second-order valence-corrected chi connectivity index (χ2v) is 4.88. The largest absolute Gasteiger partial charge is 0.464 e. The Kier molecular flexibility index (Phi) is 3.24. The third kappa shape index (κ3) is 2.08. The third-order valence-corrected chi connectivity index (χ3v) is 3.54. The molecule has 0 spiro atoms. The molecule has 2 N–H and O–H groups in total. The van der Waals surface area contributed by atoms with Crippen LogP contribution in [-0.4, -0.2) is 16.5 Å². The highest BCUT2D eigenvalue weighted by Crippen LogP contribution is 2.29. The van der Waals surface area contributed by atoms with Crippen LogP contribution in [0, 0.1) is 13.8 Å². The van der Waals surface area contributed by atoms with E-state index in [0.717, 1.165) is 39.9 Å². The summed E-state index contributed by atoms with van der Waals surface area (Å²) < 4.78 is 5.56. The van der Waals surface area contributed by atoms with E-state index in [4.69, 9.17) is 10.2 Å². The van der Waals surface area contributed by atoms with Crippen molar-refractivity contribution in [2.24, 2.45) is 5.73 Å². The first-order chi connectivity index (χ1) is 9.70. The van der Waals surface area contributed by atoms with Gasteiger partial charge in [0.2, 0.25) is 0 Å². The lowest BCUT2D eigenvalue weighted by Gasteiger charge is -2.09. The maximum atomic E-state index is 5.63. The van der Waals surface area contributed by atoms with Gasteiger partial charge in [0.15, 0.2) is 5.82 Å². The highest BCUT2D eigenvalue weighted by atomic mass is 16.3.